The summed E-state index contributed by atoms with van der Waals surface area (Å²) in [5.74, 6) is 0. The minimum absolute atomic E-state index is 0.0319. The van der Waals surface area contributed by atoms with E-state index >= 15 is 0 Å². The van der Waals surface area contributed by atoms with Crippen LogP contribution in [0.15, 0.2) is 48.5 Å². The first kappa shape index (κ1) is 14.4. The molecule has 2 aromatic rings. The fourth-order valence-corrected chi connectivity index (χ4v) is 2.68. The van der Waals surface area contributed by atoms with Crippen molar-refractivity contribution in [3.63, 3.8) is 0 Å². The highest BCUT2D eigenvalue weighted by Gasteiger charge is 2.10. The van der Waals surface area contributed by atoms with E-state index in [0.717, 1.165) is 29.0 Å². The summed E-state index contributed by atoms with van der Waals surface area (Å²) >= 11 is 12.6. The summed E-state index contributed by atoms with van der Waals surface area (Å²) in [6.07, 6.45) is 3.05. The van der Waals surface area contributed by atoms with Gasteiger partial charge >= 0.3 is 0 Å². The number of aryl methyl sites for hydroxylation is 1. The summed E-state index contributed by atoms with van der Waals surface area (Å²) in [5.41, 5.74) is 3.62. The van der Waals surface area contributed by atoms with Crippen LogP contribution in [-0.2, 0) is 12.8 Å². The van der Waals surface area contributed by atoms with Crippen LogP contribution < -0.4 is 0 Å². The summed E-state index contributed by atoms with van der Waals surface area (Å²) in [5, 5.41) is 0.756. The van der Waals surface area contributed by atoms with Crippen molar-refractivity contribution in [1.29, 1.82) is 0 Å². The monoisotopic (exact) mass is 292 g/mol. The fourth-order valence-electron chi connectivity index (χ4n) is 2.16. The Balaban J connectivity index is 2.07. The van der Waals surface area contributed by atoms with E-state index in [0.29, 0.717) is 0 Å². The van der Waals surface area contributed by atoms with Gasteiger partial charge in [0.25, 0.3) is 0 Å². The molecule has 2 rings (SSSR count). The van der Waals surface area contributed by atoms with E-state index in [2.05, 4.69) is 31.2 Å². The molecule has 0 radical (unpaired) electrons. The second-order valence-corrected chi connectivity index (χ2v) is 5.69. The third kappa shape index (κ3) is 3.99. The molecule has 0 aliphatic heterocycles. The van der Waals surface area contributed by atoms with Crippen molar-refractivity contribution in [2.75, 3.05) is 0 Å². The Labute approximate surface area is 125 Å². The van der Waals surface area contributed by atoms with Crippen LogP contribution in [-0.4, -0.2) is 0 Å². The van der Waals surface area contributed by atoms with Gasteiger partial charge in [-0.3, -0.25) is 0 Å². The highest BCUT2D eigenvalue weighted by atomic mass is 35.5. The minimum Gasteiger partial charge on any atom is -0.117 e. The molecule has 19 heavy (non-hydrogen) atoms. The molecule has 0 aromatic heterocycles. The molecule has 0 aliphatic carbocycles. The molecule has 0 saturated heterocycles. The van der Waals surface area contributed by atoms with Crippen LogP contribution in [0.1, 0.15) is 35.4 Å². The Kier molecular flexibility index (Phi) is 5.30. The highest BCUT2D eigenvalue weighted by Crippen LogP contribution is 2.28. The number of hydrogen-bond donors (Lipinski definition) is 0. The Morgan fingerprint density at radius 2 is 1.68 bits per heavy atom. The summed E-state index contributed by atoms with van der Waals surface area (Å²) in [6.45, 7) is 2.19. The third-order valence-electron chi connectivity index (χ3n) is 3.24. The van der Waals surface area contributed by atoms with Crippen LogP contribution >= 0.6 is 23.2 Å². The Bertz CT molecular complexity index is 517. The van der Waals surface area contributed by atoms with Crippen molar-refractivity contribution >= 4 is 23.2 Å². The lowest BCUT2D eigenvalue weighted by Gasteiger charge is -2.12. The Morgan fingerprint density at radius 1 is 1.00 bits per heavy atom. The van der Waals surface area contributed by atoms with Crippen LogP contribution in [0.5, 0.6) is 0 Å². The summed E-state index contributed by atoms with van der Waals surface area (Å²) in [4.78, 5) is 0. The Morgan fingerprint density at radius 3 is 2.32 bits per heavy atom. The molecule has 2 heteroatoms. The zero-order valence-corrected chi connectivity index (χ0v) is 12.6. The third-order valence-corrected chi connectivity index (χ3v) is 4.01. The van der Waals surface area contributed by atoms with E-state index in [9.17, 15) is 0 Å². The number of benzene rings is 2. The molecular weight excluding hydrogens is 275 g/mol. The van der Waals surface area contributed by atoms with Crippen molar-refractivity contribution < 1.29 is 0 Å². The summed E-state index contributed by atoms with van der Waals surface area (Å²) in [7, 11) is 0. The topological polar surface area (TPSA) is 0 Å². The van der Waals surface area contributed by atoms with Crippen molar-refractivity contribution in [1.82, 2.24) is 0 Å². The van der Waals surface area contributed by atoms with Crippen LogP contribution in [0.25, 0.3) is 0 Å². The van der Waals surface area contributed by atoms with Gasteiger partial charge in [-0.25, -0.2) is 0 Å². The molecule has 1 atom stereocenters. The van der Waals surface area contributed by atoms with Gasteiger partial charge in [-0.2, -0.15) is 0 Å². The average Bonchev–Trinajstić information content (AvgIpc) is 2.42. The van der Waals surface area contributed by atoms with Gasteiger partial charge < -0.3 is 0 Å². The van der Waals surface area contributed by atoms with Crippen molar-refractivity contribution in [2.24, 2.45) is 0 Å². The average molecular weight is 293 g/mol. The van der Waals surface area contributed by atoms with E-state index in [1.807, 2.05) is 24.3 Å². The molecule has 0 aliphatic rings. The van der Waals surface area contributed by atoms with E-state index in [1.165, 1.54) is 12.0 Å². The van der Waals surface area contributed by atoms with E-state index in [1.54, 1.807) is 0 Å². The van der Waals surface area contributed by atoms with E-state index < -0.39 is 0 Å². The van der Waals surface area contributed by atoms with Crippen LogP contribution in [0, 0.1) is 0 Å². The molecule has 0 amide bonds. The number of halogens is 2. The first-order valence-corrected chi connectivity index (χ1v) is 7.48. The number of rotatable bonds is 5. The summed E-state index contributed by atoms with van der Waals surface area (Å²) < 4.78 is 0. The summed E-state index contributed by atoms with van der Waals surface area (Å²) in [6, 6.07) is 16.5. The van der Waals surface area contributed by atoms with Gasteiger partial charge in [-0.05, 0) is 35.6 Å². The van der Waals surface area contributed by atoms with Crippen molar-refractivity contribution in [3.8, 4) is 0 Å². The molecule has 0 saturated carbocycles. The maximum absolute atomic E-state index is 6.48. The Hall–Kier alpha value is -0.980. The van der Waals surface area contributed by atoms with Crippen LogP contribution in [0.3, 0.4) is 0 Å². The lowest BCUT2D eigenvalue weighted by atomic mass is 10.0. The largest absolute Gasteiger partial charge is 0.117 e. The predicted octanol–water partition coefficient (Wildman–Crippen LogP) is 5.82. The number of hydrogen-bond acceptors (Lipinski definition) is 0. The van der Waals surface area contributed by atoms with Crippen molar-refractivity contribution in [2.45, 2.75) is 31.6 Å². The molecule has 1 unspecified atom stereocenters. The lowest BCUT2D eigenvalue weighted by Crippen LogP contribution is -1.97. The zero-order chi connectivity index (χ0) is 13.7. The van der Waals surface area contributed by atoms with Gasteiger partial charge in [0.05, 0.1) is 5.38 Å². The van der Waals surface area contributed by atoms with Gasteiger partial charge in [0.2, 0.25) is 0 Å². The number of alkyl halides is 1. The molecule has 0 bridgehead atoms. The molecule has 0 nitrogen and oxygen atoms in total. The van der Waals surface area contributed by atoms with Crippen LogP contribution in [0.4, 0.5) is 0 Å². The molecule has 0 fully saturated rings. The second kappa shape index (κ2) is 6.98. The molecule has 0 heterocycles. The van der Waals surface area contributed by atoms with Crippen LogP contribution in [0.2, 0.25) is 5.02 Å². The SMILES string of the molecule is CCCc1ccc(C(Cl)Cc2ccccc2Cl)cc1. The highest BCUT2D eigenvalue weighted by molar-refractivity contribution is 6.31. The normalized spacial score (nSPS) is 12.4. The minimum atomic E-state index is -0.0319. The maximum Gasteiger partial charge on any atom is 0.0626 e. The second-order valence-electron chi connectivity index (χ2n) is 4.75. The molecular formula is C17H18Cl2. The molecule has 2 aromatic carbocycles. The van der Waals surface area contributed by atoms with Gasteiger partial charge in [-0.15, -0.1) is 11.6 Å². The van der Waals surface area contributed by atoms with E-state index in [4.69, 9.17) is 23.2 Å². The molecule has 0 N–H and O–H groups in total. The molecule has 0 spiro atoms. The van der Waals surface area contributed by atoms with Gasteiger partial charge in [-0.1, -0.05) is 67.4 Å². The zero-order valence-electron chi connectivity index (χ0n) is 11.1. The van der Waals surface area contributed by atoms with Crippen molar-refractivity contribution in [3.05, 3.63) is 70.2 Å². The maximum atomic E-state index is 6.48. The van der Waals surface area contributed by atoms with Gasteiger partial charge in [0.1, 0.15) is 0 Å². The van der Waals surface area contributed by atoms with Gasteiger partial charge in [0, 0.05) is 5.02 Å². The lowest BCUT2D eigenvalue weighted by molar-refractivity contribution is 0.902. The first-order chi connectivity index (χ1) is 9.20. The fraction of sp³-hybridized carbons (Fsp3) is 0.294. The smallest absolute Gasteiger partial charge is 0.0626 e. The quantitative estimate of drug-likeness (QED) is 0.610. The predicted molar refractivity (Wildman–Crippen MR) is 84.2 cm³/mol. The van der Waals surface area contributed by atoms with Gasteiger partial charge in [0.15, 0.2) is 0 Å². The first-order valence-electron chi connectivity index (χ1n) is 6.67. The molecule has 100 valence electrons. The standard InChI is InChI=1S/C17H18Cl2/c1-2-5-13-8-10-14(11-9-13)17(19)12-15-6-3-4-7-16(15)18/h3-4,6-11,17H,2,5,12H2,1H3. The van der Waals surface area contributed by atoms with E-state index in [-0.39, 0.29) is 5.38 Å².